The molecule has 1 aliphatic heterocycles. The molecule has 1 aliphatic rings. The summed E-state index contributed by atoms with van der Waals surface area (Å²) in [6.07, 6.45) is 0.714. The molecule has 2 aromatic rings. The average molecular weight is 509 g/mol. The van der Waals surface area contributed by atoms with E-state index in [0.29, 0.717) is 18.7 Å². The Morgan fingerprint density at radius 1 is 1.03 bits per heavy atom. The molecule has 9 nitrogen and oxygen atoms in total. The van der Waals surface area contributed by atoms with Crippen LogP contribution in [0.2, 0.25) is 0 Å². The highest BCUT2D eigenvalue weighted by atomic mass is 16.5. The standard InChI is InChI=1S/C28H36N4O5/c1-19(2)25-27(35)29-16-18-37-23-12-8-7-11-21(23)26(34)30-22(13-14-24(33)31-25)28(36)32(3)17-15-20-9-5-4-6-10-20/h4-12,19,22,25H,13-18H2,1-3H3,(H,29,35)(H,30,34)(H,31,33)/t22-,25+/m0/s1. The van der Waals surface area contributed by atoms with Crippen LogP contribution < -0.4 is 20.7 Å². The molecule has 0 radical (unpaired) electrons. The zero-order valence-electron chi connectivity index (χ0n) is 21.7. The lowest BCUT2D eigenvalue weighted by molar-refractivity contribution is -0.133. The summed E-state index contributed by atoms with van der Waals surface area (Å²) >= 11 is 0. The summed E-state index contributed by atoms with van der Waals surface area (Å²) in [5.41, 5.74) is 1.37. The fourth-order valence-corrected chi connectivity index (χ4v) is 4.09. The first-order valence-corrected chi connectivity index (χ1v) is 12.6. The zero-order valence-corrected chi connectivity index (χ0v) is 21.7. The van der Waals surface area contributed by atoms with Gasteiger partial charge < -0.3 is 25.6 Å². The largest absolute Gasteiger partial charge is 0.491 e. The molecule has 1 heterocycles. The van der Waals surface area contributed by atoms with Crippen molar-refractivity contribution in [3.63, 3.8) is 0 Å². The van der Waals surface area contributed by atoms with Crippen molar-refractivity contribution in [1.29, 1.82) is 0 Å². The van der Waals surface area contributed by atoms with Gasteiger partial charge in [-0.25, -0.2) is 0 Å². The van der Waals surface area contributed by atoms with Crippen LogP contribution >= 0.6 is 0 Å². The molecular formula is C28H36N4O5. The molecule has 37 heavy (non-hydrogen) atoms. The van der Waals surface area contributed by atoms with E-state index in [1.807, 2.05) is 44.2 Å². The lowest BCUT2D eigenvalue weighted by atomic mass is 10.0. The summed E-state index contributed by atoms with van der Waals surface area (Å²) < 4.78 is 5.77. The first-order valence-electron chi connectivity index (χ1n) is 12.6. The van der Waals surface area contributed by atoms with Crippen LogP contribution in [0.15, 0.2) is 54.6 Å². The molecule has 0 spiro atoms. The Kier molecular flexibility index (Phi) is 10.1. The van der Waals surface area contributed by atoms with E-state index in [9.17, 15) is 19.2 Å². The minimum atomic E-state index is -0.927. The second-order valence-electron chi connectivity index (χ2n) is 9.48. The van der Waals surface area contributed by atoms with Crippen molar-refractivity contribution < 1.29 is 23.9 Å². The molecule has 0 bridgehead atoms. The Bertz CT molecular complexity index is 1090. The van der Waals surface area contributed by atoms with Gasteiger partial charge in [-0.2, -0.15) is 0 Å². The van der Waals surface area contributed by atoms with Crippen LogP contribution in [0.3, 0.4) is 0 Å². The van der Waals surface area contributed by atoms with E-state index in [1.54, 1.807) is 36.2 Å². The Balaban J connectivity index is 1.81. The summed E-state index contributed by atoms with van der Waals surface area (Å²) in [6.45, 7) is 4.50. The Hall–Kier alpha value is -3.88. The molecule has 0 saturated carbocycles. The smallest absolute Gasteiger partial charge is 0.255 e. The van der Waals surface area contributed by atoms with Crippen molar-refractivity contribution in [2.45, 2.75) is 45.2 Å². The first-order chi connectivity index (χ1) is 17.8. The third kappa shape index (κ3) is 8.06. The minimum Gasteiger partial charge on any atom is -0.491 e. The van der Waals surface area contributed by atoms with Gasteiger partial charge in [0.05, 0.1) is 12.1 Å². The van der Waals surface area contributed by atoms with Gasteiger partial charge in [0, 0.05) is 20.0 Å². The molecule has 0 aliphatic carbocycles. The number of nitrogens with zero attached hydrogens (tertiary/aromatic N) is 1. The van der Waals surface area contributed by atoms with E-state index in [4.69, 9.17) is 4.74 Å². The highest BCUT2D eigenvalue weighted by Crippen LogP contribution is 2.19. The van der Waals surface area contributed by atoms with Crippen molar-refractivity contribution >= 4 is 23.6 Å². The maximum Gasteiger partial charge on any atom is 0.255 e. The number of ether oxygens (including phenoxy) is 1. The molecule has 0 fully saturated rings. The van der Waals surface area contributed by atoms with Crippen LogP contribution in [0.1, 0.15) is 42.6 Å². The number of hydrogen-bond donors (Lipinski definition) is 3. The molecule has 0 aromatic heterocycles. The minimum absolute atomic E-state index is 0.0299. The third-order valence-corrected chi connectivity index (χ3v) is 6.27. The van der Waals surface area contributed by atoms with E-state index in [2.05, 4.69) is 16.0 Å². The normalized spacial score (nSPS) is 19.3. The molecule has 2 atom stereocenters. The molecule has 3 N–H and O–H groups in total. The van der Waals surface area contributed by atoms with Crippen LogP contribution in [-0.2, 0) is 20.8 Å². The molecule has 3 rings (SSSR count). The number of benzene rings is 2. The summed E-state index contributed by atoms with van der Waals surface area (Å²) in [5, 5.41) is 8.36. The van der Waals surface area contributed by atoms with Crippen molar-refractivity contribution in [3.05, 3.63) is 65.7 Å². The molecular weight excluding hydrogens is 472 g/mol. The number of carbonyl (C=O) groups excluding carboxylic acids is 4. The van der Waals surface area contributed by atoms with E-state index in [1.165, 1.54) is 0 Å². The second kappa shape index (κ2) is 13.4. The number of carbonyl (C=O) groups is 4. The Labute approximate surface area is 217 Å². The van der Waals surface area contributed by atoms with Gasteiger partial charge in [-0.3, -0.25) is 19.2 Å². The molecule has 4 amide bonds. The number of para-hydroxylation sites is 1. The van der Waals surface area contributed by atoms with E-state index in [0.717, 1.165) is 5.56 Å². The topological polar surface area (TPSA) is 117 Å². The van der Waals surface area contributed by atoms with Crippen LogP contribution in [0.25, 0.3) is 0 Å². The van der Waals surface area contributed by atoms with E-state index < -0.39 is 18.0 Å². The predicted molar refractivity (Wildman–Crippen MR) is 140 cm³/mol. The van der Waals surface area contributed by atoms with Crippen molar-refractivity contribution in [2.75, 3.05) is 26.7 Å². The first kappa shape index (κ1) is 27.7. The second-order valence-corrected chi connectivity index (χ2v) is 9.48. The lowest BCUT2D eigenvalue weighted by Crippen LogP contribution is -2.51. The Morgan fingerprint density at radius 3 is 2.46 bits per heavy atom. The molecule has 198 valence electrons. The molecule has 2 aromatic carbocycles. The van der Waals surface area contributed by atoms with Crippen molar-refractivity contribution in [3.8, 4) is 5.75 Å². The van der Waals surface area contributed by atoms with Crippen LogP contribution in [0, 0.1) is 5.92 Å². The van der Waals surface area contributed by atoms with Gasteiger partial charge in [0.2, 0.25) is 17.7 Å². The van der Waals surface area contributed by atoms with Crippen LogP contribution in [0.5, 0.6) is 5.75 Å². The average Bonchev–Trinajstić information content (AvgIpc) is 2.90. The predicted octanol–water partition coefficient (Wildman–Crippen LogP) is 1.92. The quantitative estimate of drug-likeness (QED) is 0.571. The van der Waals surface area contributed by atoms with Crippen molar-refractivity contribution in [2.24, 2.45) is 5.92 Å². The Morgan fingerprint density at radius 2 is 1.73 bits per heavy atom. The zero-order chi connectivity index (χ0) is 26.8. The number of fused-ring (bicyclic) bond motifs is 1. The fourth-order valence-electron chi connectivity index (χ4n) is 4.09. The third-order valence-electron chi connectivity index (χ3n) is 6.27. The van der Waals surface area contributed by atoms with Gasteiger partial charge >= 0.3 is 0 Å². The van der Waals surface area contributed by atoms with Crippen LogP contribution in [0.4, 0.5) is 0 Å². The molecule has 0 saturated heterocycles. The van der Waals surface area contributed by atoms with Gasteiger partial charge in [-0.15, -0.1) is 0 Å². The summed E-state index contributed by atoms with van der Waals surface area (Å²) in [5.74, 6) is -1.22. The number of nitrogens with one attached hydrogen (secondary N) is 3. The molecule has 0 unspecified atom stereocenters. The number of hydrogen-bond acceptors (Lipinski definition) is 5. The van der Waals surface area contributed by atoms with Gasteiger partial charge in [-0.1, -0.05) is 56.3 Å². The lowest BCUT2D eigenvalue weighted by Gasteiger charge is -2.25. The number of amides is 4. The van der Waals surface area contributed by atoms with Crippen molar-refractivity contribution in [1.82, 2.24) is 20.9 Å². The van der Waals surface area contributed by atoms with Gasteiger partial charge in [0.1, 0.15) is 24.4 Å². The highest BCUT2D eigenvalue weighted by molar-refractivity contribution is 5.99. The molecule has 9 heteroatoms. The fraction of sp³-hybridized carbons (Fsp3) is 0.429. The maximum absolute atomic E-state index is 13.4. The maximum atomic E-state index is 13.4. The van der Waals surface area contributed by atoms with Gasteiger partial charge in [-0.05, 0) is 36.5 Å². The SMILES string of the molecule is CC(C)[C@H]1NC(=O)CC[C@@H](C(=O)N(C)CCc2ccccc2)NC(=O)c2ccccc2OCCNC1=O. The highest BCUT2D eigenvalue weighted by Gasteiger charge is 2.29. The summed E-state index contributed by atoms with van der Waals surface area (Å²) in [6, 6.07) is 14.9. The summed E-state index contributed by atoms with van der Waals surface area (Å²) in [7, 11) is 1.68. The number of likely N-dealkylation sites (N-methyl/N-ethyl adjacent to an activating group) is 1. The number of rotatable bonds is 5. The van der Waals surface area contributed by atoms with E-state index in [-0.39, 0.29) is 55.2 Å². The van der Waals surface area contributed by atoms with Gasteiger partial charge in [0.25, 0.3) is 5.91 Å². The summed E-state index contributed by atoms with van der Waals surface area (Å²) in [4.78, 5) is 53.6. The van der Waals surface area contributed by atoms with Crippen LogP contribution in [-0.4, -0.2) is 67.4 Å². The monoisotopic (exact) mass is 508 g/mol. The van der Waals surface area contributed by atoms with E-state index >= 15 is 0 Å². The van der Waals surface area contributed by atoms with Gasteiger partial charge in [0.15, 0.2) is 0 Å².